The molecule has 1 aliphatic rings. The molecule has 20 heteroatoms. The number of H-pyrrole nitrogens is 1. The summed E-state index contributed by atoms with van der Waals surface area (Å²) in [6.45, 7) is 2.19. The summed E-state index contributed by atoms with van der Waals surface area (Å²) in [6.07, 6.45) is 7.08. The van der Waals surface area contributed by atoms with Gasteiger partial charge >= 0.3 is 0 Å². The van der Waals surface area contributed by atoms with Gasteiger partial charge in [0.15, 0.2) is 11.9 Å². The predicted molar refractivity (Wildman–Crippen MR) is 222 cm³/mol. The number of rotatable bonds is 23. The number of hydrogen-bond donors (Lipinski definition) is 9. The van der Waals surface area contributed by atoms with Gasteiger partial charge in [-0.25, -0.2) is 4.98 Å². The van der Waals surface area contributed by atoms with Gasteiger partial charge in [-0.05, 0) is 76.1 Å². The van der Waals surface area contributed by atoms with Crippen molar-refractivity contribution in [2.45, 2.75) is 102 Å². The molecule has 0 saturated carbocycles. The monoisotopic (exact) mass is 859 g/mol. The average molecular weight is 861 g/mol. The summed E-state index contributed by atoms with van der Waals surface area (Å²) < 4.78 is 2.50. The molecule has 0 spiro atoms. The maximum absolute atomic E-state index is 13.2. The SMILES string of the molecule is NC(=O)C(CCCN=C(N)N)NC(=O)C(CCCN=C(N)N)NC(=O)CCCCCCCNC(=O)[C@H]1CCCN1Cc1nc2c(sc3ccc(Br)cc32)c(=O)[nH]1. The number of hydrogen-bond acceptors (Lipinski definition) is 10. The summed E-state index contributed by atoms with van der Waals surface area (Å²) in [5.41, 5.74) is 27.5. The Kier molecular flexibility index (Phi) is 17.3. The molecule has 2 aromatic heterocycles. The molecule has 4 amide bonds. The number of aliphatic imine (C=N–C) groups is 2. The third kappa shape index (κ3) is 13.7. The molecule has 4 rings (SSSR count). The molecule has 1 aliphatic heterocycles. The zero-order valence-corrected chi connectivity index (χ0v) is 33.9. The van der Waals surface area contributed by atoms with Gasteiger partial charge in [0.2, 0.25) is 23.6 Å². The number of thiophene rings is 1. The molecule has 306 valence electrons. The van der Waals surface area contributed by atoms with Gasteiger partial charge < -0.3 is 49.6 Å². The Balaban J connectivity index is 1.16. The molecule has 14 N–H and O–H groups in total. The minimum absolute atomic E-state index is 0.0301. The van der Waals surface area contributed by atoms with Crippen molar-refractivity contribution in [3.8, 4) is 0 Å². The first kappa shape index (κ1) is 43.9. The number of aromatic nitrogens is 2. The highest BCUT2D eigenvalue weighted by atomic mass is 79.9. The summed E-state index contributed by atoms with van der Waals surface area (Å²) in [4.78, 5) is 81.6. The van der Waals surface area contributed by atoms with Gasteiger partial charge in [0, 0.05) is 40.6 Å². The molecule has 0 bridgehead atoms. The number of fused-ring (bicyclic) bond motifs is 3. The Morgan fingerprint density at radius 1 is 0.929 bits per heavy atom. The number of guanidine groups is 2. The van der Waals surface area contributed by atoms with Crippen LogP contribution in [0.3, 0.4) is 0 Å². The Bertz CT molecular complexity index is 1940. The van der Waals surface area contributed by atoms with E-state index in [0.717, 1.165) is 59.6 Å². The van der Waals surface area contributed by atoms with Crippen molar-refractivity contribution in [2.24, 2.45) is 38.7 Å². The van der Waals surface area contributed by atoms with E-state index in [1.165, 1.54) is 11.3 Å². The molecule has 1 fully saturated rings. The van der Waals surface area contributed by atoms with Crippen molar-refractivity contribution in [1.82, 2.24) is 30.8 Å². The smallest absolute Gasteiger partial charge is 0.268 e. The Morgan fingerprint density at radius 3 is 2.30 bits per heavy atom. The van der Waals surface area contributed by atoms with Crippen LogP contribution in [-0.4, -0.2) is 94.7 Å². The van der Waals surface area contributed by atoms with Gasteiger partial charge in [-0.1, -0.05) is 35.2 Å². The van der Waals surface area contributed by atoms with E-state index in [4.69, 9.17) is 33.7 Å². The van der Waals surface area contributed by atoms with Crippen LogP contribution >= 0.6 is 27.3 Å². The largest absolute Gasteiger partial charge is 0.370 e. The molecule has 0 radical (unpaired) electrons. The van der Waals surface area contributed by atoms with Crippen molar-refractivity contribution < 1.29 is 19.2 Å². The molecule has 1 aromatic carbocycles. The fourth-order valence-electron chi connectivity index (χ4n) is 6.62. The molecular weight excluding hydrogens is 806 g/mol. The van der Waals surface area contributed by atoms with Gasteiger partial charge in [-0.3, -0.25) is 38.9 Å². The summed E-state index contributed by atoms with van der Waals surface area (Å²) in [5.74, 6) is -1.18. The number of nitrogens with two attached hydrogens (primary N) is 5. The molecule has 0 aliphatic carbocycles. The van der Waals surface area contributed by atoms with Gasteiger partial charge in [-0.2, -0.15) is 0 Å². The van der Waals surface area contributed by atoms with Crippen LogP contribution < -0.4 is 50.2 Å². The highest BCUT2D eigenvalue weighted by Gasteiger charge is 2.31. The average Bonchev–Trinajstić information content (AvgIpc) is 3.76. The first-order valence-corrected chi connectivity index (χ1v) is 20.6. The van der Waals surface area contributed by atoms with Crippen LogP contribution in [0.5, 0.6) is 0 Å². The van der Waals surface area contributed by atoms with Crippen molar-refractivity contribution >= 4 is 83.1 Å². The van der Waals surface area contributed by atoms with E-state index in [9.17, 15) is 24.0 Å². The fourth-order valence-corrected chi connectivity index (χ4v) is 8.00. The predicted octanol–water partition coefficient (Wildman–Crippen LogP) is 0.884. The highest BCUT2D eigenvalue weighted by molar-refractivity contribution is 9.10. The van der Waals surface area contributed by atoms with Crippen LogP contribution in [0.15, 0.2) is 37.5 Å². The number of carbonyl (C=O) groups is 4. The lowest BCUT2D eigenvalue weighted by Crippen LogP contribution is -2.53. The lowest BCUT2D eigenvalue weighted by atomic mass is 10.1. The van der Waals surface area contributed by atoms with E-state index in [2.05, 4.69) is 51.7 Å². The first-order valence-electron chi connectivity index (χ1n) is 18.9. The van der Waals surface area contributed by atoms with Crippen molar-refractivity contribution in [3.63, 3.8) is 0 Å². The Hall–Kier alpha value is -4.82. The zero-order chi connectivity index (χ0) is 40.6. The number of amides is 4. The number of halogens is 1. The topological polar surface area (TPSA) is 308 Å². The van der Waals surface area contributed by atoms with E-state index < -0.39 is 23.9 Å². The molecule has 2 unspecified atom stereocenters. The first-order chi connectivity index (χ1) is 26.8. The number of primary amides is 1. The van der Waals surface area contributed by atoms with Gasteiger partial charge in [0.1, 0.15) is 22.6 Å². The van der Waals surface area contributed by atoms with E-state index in [1.54, 1.807) is 0 Å². The number of aromatic amines is 1. The van der Waals surface area contributed by atoms with Crippen LogP contribution in [0.4, 0.5) is 0 Å². The quantitative estimate of drug-likeness (QED) is 0.0366. The third-order valence-electron chi connectivity index (χ3n) is 9.44. The lowest BCUT2D eigenvalue weighted by Gasteiger charge is -2.23. The minimum atomic E-state index is -0.962. The number of benzene rings is 1. The van der Waals surface area contributed by atoms with Crippen molar-refractivity contribution in [2.75, 3.05) is 26.2 Å². The maximum Gasteiger partial charge on any atom is 0.268 e. The van der Waals surface area contributed by atoms with E-state index in [-0.39, 0.29) is 67.7 Å². The number of nitrogens with one attached hydrogen (secondary N) is 4. The molecular formula is C36H54BrN13O5S. The molecule has 3 heterocycles. The highest BCUT2D eigenvalue weighted by Crippen LogP contribution is 2.32. The molecule has 18 nitrogen and oxygen atoms in total. The van der Waals surface area contributed by atoms with Crippen LogP contribution in [0.2, 0.25) is 0 Å². The second-order valence-electron chi connectivity index (χ2n) is 13.9. The number of nitrogens with zero attached hydrogens (tertiary/aromatic N) is 4. The normalized spacial score (nSPS) is 15.3. The summed E-state index contributed by atoms with van der Waals surface area (Å²) in [6, 6.07) is 3.72. The maximum atomic E-state index is 13.2. The van der Waals surface area contributed by atoms with Crippen LogP contribution in [0, 0.1) is 0 Å². The Morgan fingerprint density at radius 2 is 1.61 bits per heavy atom. The van der Waals surface area contributed by atoms with Gasteiger partial charge in [-0.15, -0.1) is 11.3 Å². The standard InChI is InChI=1S/C36H54BrN13O5S/c37-21-13-14-26-22(19-21)29-30(56-26)34(55)49-27(48-29)20-50-18-8-11-25(50)33(54)43-15-5-3-1-2-4-12-28(51)46-24(10-7-17-45-36(41)42)32(53)47-23(31(38)52)9-6-16-44-35(39)40/h13-14,19,23-25H,1-12,15-18,20H2,(H2,38,52)(H,43,54)(H,46,51)(H,47,53)(H4,39,40,44)(H4,41,42,45)(H,48,49,55)/t23?,24?,25-/m1/s1. The van der Waals surface area contributed by atoms with Gasteiger partial charge in [0.05, 0.1) is 18.1 Å². The fraction of sp³-hybridized carbons (Fsp3) is 0.556. The number of likely N-dealkylation sites (tertiary alicyclic amines) is 1. The minimum Gasteiger partial charge on any atom is -0.370 e. The van der Waals surface area contributed by atoms with Crippen molar-refractivity contribution in [3.05, 3.63) is 38.9 Å². The number of carbonyl (C=O) groups excluding carboxylic acids is 4. The van der Waals surface area contributed by atoms with E-state index in [0.29, 0.717) is 48.4 Å². The second kappa shape index (κ2) is 22.1. The summed E-state index contributed by atoms with van der Waals surface area (Å²) in [7, 11) is 0. The van der Waals surface area contributed by atoms with Crippen LogP contribution in [-0.2, 0) is 25.7 Å². The summed E-state index contributed by atoms with van der Waals surface area (Å²) >= 11 is 4.93. The number of unbranched alkanes of at least 4 members (excludes halogenated alkanes) is 4. The molecule has 1 saturated heterocycles. The van der Waals surface area contributed by atoms with Crippen LogP contribution in [0.25, 0.3) is 20.3 Å². The van der Waals surface area contributed by atoms with Crippen LogP contribution in [0.1, 0.15) is 82.9 Å². The molecule has 3 aromatic rings. The second-order valence-corrected chi connectivity index (χ2v) is 15.8. The lowest BCUT2D eigenvalue weighted by molar-refractivity contribution is -0.131. The molecule has 3 atom stereocenters. The zero-order valence-electron chi connectivity index (χ0n) is 31.5. The van der Waals surface area contributed by atoms with E-state index >= 15 is 0 Å². The van der Waals surface area contributed by atoms with E-state index in [1.807, 2.05) is 18.2 Å². The summed E-state index contributed by atoms with van der Waals surface area (Å²) in [5, 5.41) is 9.41. The third-order valence-corrected chi connectivity index (χ3v) is 11.1. The van der Waals surface area contributed by atoms with Crippen molar-refractivity contribution in [1.29, 1.82) is 0 Å². The Labute approximate surface area is 337 Å². The van der Waals surface area contributed by atoms with Gasteiger partial charge in [0.25, 0.3) is 5.56 Å². The molecule has 56 heavy (non-hydrogen) atoms.